The zero-order valence-corrected chi connectivity index (χ0v) is 8.11. The van der Waals surface area contributed by atoms with E-state index in [4.69, 9.17) is 0 Å². The van der Waals surface area contributed by atoms with Gasteiger partial charge in [0.05, 0.1) is 6.10 Å². The third kappa shape index (κ3) is 1.35. The van der Waals surface area contributed by atoms with Gasteiger partial charge in [0.2, 0.25) is 0 Å². The van der Waals surface area contributed by atoms with E-state index in [2.05, 4.69) is 5.32 Å². The van der Waals surface area contributed by atoms with Gasteiger partial charge in [0, 0.05) is 26.1 Å². The number of alkyl halides is 1. The lowest BCUT2D eigenvalue weighted by atomic mass is 10.00. The number of nitrogens with zero attached hydrogens (tertiary/aromatic N) is 1. The van der Waals surface area contributed by atoms with Crippen LogP contribution in [0.3, 0.4) is 0 Å². The van der Waals surface area contributed by atoms with E-state index in [0.29, 0.717) is 19.5 Å². The second-order valence-corrected chi connectivity index (χ2v) is 4.13. The minimum absolute atomic E-state index is 0.0673. The fourth-order valence-corrected chi connectivity index (χ4v) is 2.55. The van der Waals surface area contributed by atoms with E-state index in [0.717, 1.165) is 0 Å². The van der Waals surface area contributed by atoms with Gasteiger partial charge in [-0.1, -0.05) is 0 Å². The molecule has 1 saturated heterocycles. The van der Waals surface area contributed by atoms with Crippen molar-refractivity contribution in [2.75, 3.05) is 20.1 Å². The molecule has 1 aliphatic carbocycles. The number of hydrogen-bond acceptors (Lipinski definition) is 2. The maximum Gasteiger partial charge on any atom is 0.317 e. The van der Waals surface area contributed by atoms with E-state index >= 15 is 0 Å². The molecule has 4 atom stereocenters. The molecule has 1 heterocycles. The fourth-order valence-electron chi connectivity index (χ4n) is 2.55. The van der Waals surface area contributed by atoms with Crippen LogP contribution in [-0.4, -0.2) is 48.5 Å². The number of amides is 2. The highest BCUT2D eigenvalue weighted by Crippen LogP contribution is 2.39. The molecule has 2 aliphatic rings. The standard InChI is InChI=1S/C9H15FN2O2/c1-11-9(14)12-3-5-2-7(10)8(13)6(5)4-12/h5-8,13H,2-4H2,1H3,(H,11,14)/t5-,6+,7+,8+/m1/s1. The van der Waals surface area contributed by atoms with Crippen LogP contribution in [0.15, 0.2) is 0 Å². The van der Waals surface area contributed by atoms with Gasteiger partial charge in [0.1, 0.15) is 6.17 Å². The van der Waals surface area contributed by atoms with E-state index in [1.54, 1.807) is 11.9 Å². The van der Waals surface area contributed by atoms with E-state index in [1.165, 1.54) is 0 Å². The summed E-state index contributed by atoms with van der Waals surface area (Å²) in [6.45, 7) is 1.05. The van der Waals surface area contributed by atoms with Gasteiger partial charge < -0.3 is 15.3 Å². The van der Waals surface area contributed by atoms with Crippen molar-refractivity contribution in [2.24, 2.45) is 11.8 Å². The Bertz CT molecular complexity index is 249. The zero-order chi connectivity index (χ0) is 10.3. The molecular formula is C9H15FN2O2. The van der Waals surface area contributed by atoms with E-state index in [-0.39, 0.29) is 17.9 Å². The summed E-state index contributed by atoms with van der Waals surface area (Å²) in [7, 11) is 1.57. The molecule has 1 aliphatic heterocycles. The summed E-state index contributed by atoms with van der Waals surface area (Å²) in [4.78, 5) is 12.9. The molecule has 0 radical (unpaired) electrons. The number of halogens is 1. The summed E-state index contributed by atoms with van der Waals surface area (Å²) in [5.74, 6) is 0.0691. The molecule has 4 nitrogen and oxygen atoms in total. The monoisotopic (exact) mass is 202 g/mol. The van der Waals surface area contributed by atoms with Crippen LogP contribution in [-0.2, 0) is 0 Å². The summed E-state index contributed by atoms with van der Waals surface area (Å²) in [5.41, 5.74) is 0. The summed E-state index contributed by atoms with van der Waals surface area (Å²) in [6, 6.07) is -0.137. The topological polar surface area (TPSA) is 52.6 Å². The normalized spacial score (nSPS) is 41.2. The van der Waals surface area contributed by atoms with Crippen molar-refractivity contribution < 1.29 is 14.3 Å². The third-order valence-corrected chi connectivity index (χ3v) is 3.33. The van der Waals surface area contributed by atoms with E-state index in [9.17, 15) is 14.3 Å². The van der Waals surface area contributed by atoms with Crippen molar-refractivity contribution in [2.45, 2.75) is 18.7 Å². The Morgan fingerprint density at radius 3 is 2.86 bits per heavy atom. The maximum absolute atomic E-state index is 13.1. The van der Waals surface area contributed by atoms with Crippen LogP contribution in [0, 0.1) is 11.8 Å². The van der Waals surface area contributed by atoms with Crippen molar-refractivity contribution in [1.82, 2.24) is 10.2 Å². The van der Waals surface area contributed by atoms with Crippen LogP contribution in [0.2, 0.25) is 0 Å². The number of aliphatic hydroxyl groups is 1. The lowest BCUT2D eigenvalue weighted by Crippen LogP contribution is -2.38. The molecule has 14 heavy (non-hydrogen) atoms. The molecule has 2 rings (SSSR count). The van der Waals surface area contributed by atoms with Crippen molar-refractivity contribution in [3.8, 4) is 0 Å². The molecule has 0 unspecified atom stereocenters. The molecule has 0 aromatic carbocycles. The Morgan fingerprint density at radius 2 is 2.29 bits per heavy atom. The fraction of sp³-hybridized carbons (Fsp3) is 0.889. The van der Waals surface area contributed by atoms with Gasteiger partial charge >= 0.3 is 6.03 Å². The highest BCUT2D eigenvalue weighted by molar-refractivity contribution is 5.74. The van der Waals surface area contributed by atoms with E-state index in [1.807, 2.05) is 0 Å². The third-order valence-electron chi connectivity index (χ3n) is 3.33. The molecule has 0 spiro atoms. The number of nitrogens with one attached hydrogen (secondary N) is 1. The van der Waals surface area contributed by atoms with Crippen LogP contribution < -0.4 is 5.32 Å². The smallest absolute Gasteiger partial charge is 0.317 e. The first-order chi connectivity index (χ1) is 6.63. The molecule has 0 aromatic rings. The minimum atomic E-state index is -1.10. The molecular weight excluding hydrogens is 187 g/mol. The molecule has 1 saturated carbocycles. The predicted molar refractivity (Wildman–Crippen MR) is 48.5 cm³/mol. The van der Waals surface area contributed by atoms with Crippen molar-refractivity contribution in [1.29, 1.82) is 0 Å². The van der Waals surface area contributed by atoms with Crippen LogP contribution in [0.1, 0.15) is 6.42 Å². The first-order valence-corrected chi connectivity index (χ1v) is 4.92. The van der Waals surface area contributed by atoms with Crippen molar-refractivity contribution in [3.05, 3.63) is 0 Å². The number of hydrogen-bond donors (Lipinski definition) is 2. The molecule has 80 valence electrons. The van der Waals surface area contributed by atoms with Gasteiger partial charge in [-0.05, 0) is 12.3 Å². The number of carbonyl (C=O) groups excluding carboxylic acids is 1. The van der Waals surface area contributed by atoms with Crippen LogP contribution in [0.5, 0.6) is 0 Å². The molecule has 5 heteroatoms. The first kappa shape index (κ1) is 9.71. The number of rotatable bonds is 0. The Balaban J connectivity index is 2.00. The Labute approximate surface area is 82.1 Å². The number of urea groups is 1. The second-order valence-electron chi connectivity index (χ2n) is 4.13. The van der Waals surface area contributed by atoms with Crippen LogP contribution in [0.4, 0.5) is 9.18 Å². The first-order valence-electron chi connectivity index (χ1n) is 4.92. The maximum atomic E-state index is 13.1. The van der Waals surface area contributed by atoms with Gasteiger partial charge in [-0.3, -0.25) is 0 Å². The molecule has 2 N–H and O–H groups in total. The molecule has 0 bridgehead atoms. The summed E-state index contributed by atoms with van der Waals surface area (Å²) < 4.78 is 13.1. The average Bonchev–Trinajstić information content (AvgIpc) is 2.68. The number of carbonyl (C=O) groups is 1. The predicted octanol–water partition coefficient (Wildman–Crippen LogP) is -0.0235. The lowest BCUT2D eigenvalue weighted by molar-refractivity contribution is 0.0659. The number of aliphatic hydroxyl groups excluding tert-OH is 1. The Morgan fingerprint density at radius 1 is 1.57 bits per heavy atom. The molecule has 0 aromatic heterocycles. The lowest BCUT2D eigenvalue weighted by Gasteiger charge is -2.18. The minimum Gasteiger partial charge on any atom is -0.390 e. The Kier molecular flexibility index (Phi) is 2.34. The SMILES string of the molecule is CNC(=O)N1C[C@H]2C[C@H](F)[C@@H](O)[C@H]2C1. The number of likely N-dealkylation sites (tertiary alicyclic amines) is 1. The van der Waals surface area contributed by atoms with Gasteiger partial charge in [0.25, 0.3) is 0 Å². The van der Waals surface area contributed by atoms with Crippen molar-refractivity contribution >= 4 is 6.03 Å². The summed E-state index contributed by atoms with van der Waals surface area (Å²) in [5, 5.41) is 12.0. The summed E-state index contributed by atoms with van der Waals surface area (Å²) in [6.07, 6.45) is -1.59. The van der Waals surface area contributed by atoms with Crippen LogP contribution >= 0.6 is 0 Å². The summed E-state index contributed by atoms with van der Waals surface area (Å²) >= 11 is 0. The van der Waals surface area contributed by atoms with Gasteiger partial charge in [-0.25, -0.2) is 9.18 Å². The van der Waals surface area contributed by atoms with Crippen molar-refractivity contribution in [3.63, 3.8) is 0 Å². The highest BCUT2D eigenvalue weighted by Gasteiger charge is 2.48. The van der Waals surface area contributed by atoms with Gasteiger partial charge in [-0.2, -0.15) is 0 Å². The van der Waals surface area contributed by atoms with Gasteiger partial charge in [-0.15, -0.1) is 0 Å². The molecule has 2 fully saturated rings. The highest BCUT2D eigenvalue weighted by atomic mass is 19.1. The quantitative estimate of drug-likeness (QED) is 0.580. The molecule has 2 amide bonds. The largest absolute Gasteiger partial charge is 0.390 e. The average molecular weight is 202 g/mol. The second kappa shape index (κ2) is 3.38. The Hall–Kier alpha value is -0.840. The van der Waals surface area contributed by atoms with Gasteiger partial charge in [0.15, 0.2) is 0 Å². The zero-order valence-electron chi connectivity index (χ0n) is 8.11. The van der Waals surface area contributed by atoms with Crippen LogP contribution in [0.25, 0.3) is 0 Å². The van der Waals surface area contributed by atoms with E-state index < -0.39 is 12.3 Å². The number of fused-ring (bicyclic) bond motifs is 1.